The molecule has 0 aliphatic rings. The van der Waals surface area contributed by atoms with Crippen LogP contribution in [0.25, 0.3) is 11.3 Å². The number of aromatic nitrogens is 3. The quantitative estimate of drug-likeness (QED) is 0.735. The van der Waals surface area contributed by atoms with Gasteiger partial charge in [-0.2, -0.15) is 0 Å². The lowest BCUT2D eigenvalue weighted by Gasteiger charge is -2.08. The molecule has 0 atom stereocenters. The van der Waals surface area contributed by atoms with Crippen molar-refractivity contribution < 1.29 is 8.78 Å². The first-order valence-electron chi connectivity index (χ1n) is 6.28. The van der Waals surface area contributed by atoms with Gasteiger partial charge in [-0.3, -0.25) is 0 Å². The Balaban J connectivity index is 1.91. The largest absolute Gasteiger partial charge is 0.340 e. The van der Waals surface area contributed by atoms with Gasteiger partial charge in [-0.05, 0) is 24.3 Å². The summed E-state index contributed by atoms with van der Waals surface area (Å²) in [6.45, 7) is 0. The fraction of sp³-hybridized carbons (Fsp3) is 0. The van der Waals surface area contributed by atoms with Crippen molar-refractivity contribution in [3.63, 3.8) is 0 Å². The molecule has 3 aromatic rings. The molecule has 0 bridgehead atoms. The van der Waals surface area contributed by atoms with E-state index in [0.29, 0.717) is 27.9 Å². The molecule has 22 heavy (non-hydrogen) atoms. The van der Waals surface area contributed by atoms with Gasteiger partial charge in [-0.25, -0.2) is 23.7 Å². The van der Waals surface area contributed by atoms with E-state index in [0.717, 1.165) is 12.1 Å². The summed E-state index contributed by atoms with van der Waals surface area (Å²) in [6.07, 6.45) is 2.92. The second-order valence-corrected chi connectivity index (χ2v) is 4.74. The van der Waals surface area contributed by atoms with Crippen LogP contribution in [-0.4, -0.2) is 15.0 Å². The SMILES string of the molecule is Fc1ccc(Nc2cc(-c3cccnc3Cl)ncn2)cc1F. The third-order valence-corrected chi connectivity index (χ3v) is 3.20. The summed E-state index contributed by atoms with van der Waals surface area (Å²) in [5, 5.41) is 3.20. The highest BCUT2D eigenvalue weighted by atomic mass is 35.5. The summed E-state index contributed by atoms with van der Waals surface area (Å²) in [7, 11) is 0. The molecular formula is C15H9ClF2N4. The predicted molar refractivity (Wildman–Crippen MR) is 79.9 cm³/mol. The van der Waals surface area contributed by atoms with E-state index in [-0.39, 0.29) is 0 Å². The van der Waals surface area contributed by atoms with Gasteiger partial charge in [0.2, 0.25) is 0 Å². The molecule has 3 rings (SSSR count). The summed E-state index contributed by atoms with van der Waals surface area (Å²) in [5.41, 5.74) is 1.60. The fourth-order valence-electron chi connectivity index (χ4n) is 1.87. The standard InChI is InChI=1S/C15H9ClF2N4/c16-15-10(2-1-5-19-15)13-7-14(21-8-20-13)22-9-3-4-11(17)12(18)6-9/h1-8H,(H,20,21,22). The van der Waals surface area contributed by atoms with Crippen LogP contribution in [-0.2, 0) is 0 Å². The first-order chi connectivity index (χ1) is 10.6. The molecule has 1 N–H and O–H groups in total. The molecule has 2 heterocycles. The summed E-state index contributed by atoms with van der Waals surface area (Å²) in [6, 6.07) is 8.66. The first-order valence-corrected chi connectivity index (χ1v) is 6.66. The maximum atomic E-state index is 13.2. The summed E-state index contributed by atoms with van der Waals surface area (Å²) in [4.78, 5) is 12.2. The van der Waals surface area contributed by atoms with Crippen molar-refractivity contribution in [3.05, 3.63) is 65.7 Å². The van der Waals surface area contributed by atoms with E-state index < -0.39 is 11.6 Å². The molecule has 0 amide bonds. The van der Waals surface area contributed by atoms with Crippen molar-refractivity contribution in [2.75, 3.05) is 5.32 Å². The number of hydrogen-bond donors (Lipinski definition) is 1. The van der Waals surface area contributed by atoms with Crippen molar-refractivity contribution in [1.82, 2.24) is 15.0 Å². The van der Waals surface area contributed by atoms with Gasteiger partial charge in [0.25, 0.3) is 0 Å². The monoisotopic (exact) mass is 318 g/mol. The number of anilines is 2. The van der Waals surface area contributed by atoms with Crippen LogP contribution in [0.5, 0.6) is 0 Å². The van der Waals surface area contributed by atoms with Crippen LogP contribution in [0.1, 0.15) is 0 Å². The number of pyridine rings is 1. The molecule has 0 unspecified atom stereocenters. The number of rotatable bonds is 3. The zero-order valence-electron chi connectivity index (χ0n) is 11.1. The van der Waals surface area contributed by atoms with Gasteiger partial charge in [0, 0.05) is 29.6 Å². The van der Waals surface area contributed by atoms with Crippen molar-refractivity contribution in [3.8, 4) is 11.3 Å². The zero-order chi connectivity index (χ0) is 15.5. The summed E-state index contributed by atoms with van der Waals surface area (Å²) >= 11 is 6.03. The first kappa shape index (κ1) is 14.3. The van der Waals surface area contributed by atoms with E-state index in [1.807, 2.05) is 0 Å². The van der Waals surface area contributed by atoms with Crippen LogP contribution in [0.2, 0.25) is 5.15 Å². The van der Waals surface area contributed by atoms with E-state index in [4.69, 9.17) is 11.6 Å². The highest BCUT2D eigenvalue weighted by molar-refractivity contribution is 6.32. The Kier molecular flexibility index (Phi) is 3.93. The lowest BCUT2D eigenvalue weighted by Crippen LogP contribution is -1.97. The molecule has 1 aromatic carbocycles. The van der Waals surface area contributed by atoms with E-state index in [2.05, 4.69) is 20.3 Å². The van der Waals surface area contributed by atoms with E-state index in [9.17, 15) is 8.78 Å². The molecule has 0 spiro atoms. The number of hydrogen-bond acceptors (Lipinski definition) is 4. The molecule has 7 heteroatoms. The maximum Gasteiger partial charge on any atom is 0.160 e. The van der Waals surface area contributed by atoms with Gasteiger partial charge >= 0.3 is 0 Å². The van der Waals surface area contributed by atoms with Crippen LogP contribution in [0.3, 0.4) is 0 Å². The Labute approximate surface area is 129 Å². The molecule has 0 radical (unpaired) electrons. The van der Waals surface area contributed by atoms with Gasteiger partial charge in [-0.1, -0.05) is 11.6 Å². The molecule has 110 valence electrons. The minimum absolute atomic E-state index is 0.319. The number of nitrogens with one attached hydrogen (secondary N) is 1. The lowest BCUT2D eigenvalue weighted by molar-refractivity contribution is 0.509. The van der Waals surface area contributed by atoms with Crippen LogP contribution < -0.4 is 5.32 Å². The lowest BCUT2D eigenvalue weighted by atomic mass is 10.2. The van der Waals surface area contributed by atoms with Gasteiger partial charge in [-0.15, -0.1) is 0 Å². The third kappa shape index (κ3) is 3.01. The minimum Gasteiger partial charge on any atom is -0.340 e. The molecule has 0 saturated carbocycles. The van der Waals surface area contributed by atoms with E-state index in [1.54, 1.807) is 24.4 Å². The highest BCUT2D eigenvalue weighted by Gasteiger charge is 2.08. The normalized spacial score (nSPS) is 10.5. The molecule has 0 fully saturated rings. The van der Waals surface area contributed by atoms with Gasteiger partial charge in [0.05, 0.1) is 5.69 Å². The average molecular weight is 319 g/mol. The average Bonchev–Trinajstić information content (AvgIpc) is 2.52. The van der Waals surface area contributed by atoms with Crippen molar-refractivity contribution in [2.45, 2.75) is 0 Å². The van der Waals surface area contributed by atoms with Crippen LogP contribution in [0.4, 0.5) is 20.3 Å². The summed E-state index contributed by atoms with van der Waals surface area (Å²) in [5.74, 6) is -1.42. The molecular weight excluding hydrogens is 310 g/mol. The second-order valence-electron chi connectivity index (χ2n) is 4.38. The third-order valence-electron chi connectivity index (χ3n) is 2.89. The van der Waals surface area contributed by atoms with Crippen LogP contribution >= 0.6 is 11.6 Å². The van der Waals surface area contributed by atoms with Crippen molar-refractivity contribution >= 4 is 23.1 Å². The molecule has 0 aliphatic heterocycles. The summed E-state index contributed by atoms with van der Waals surface area (Å²) < 4.78 is 26.1. The molecule has 0 aliphatic carbocycles. The van der Waals surface area contributed by atoms with E-state index >= 15 is 0 Å². The Morgan fingerprint density at radius 3 is 2.59 bits per heavy atom. The number of nitrogens with zero attached hydrogens (tertiary/aromatic N) is 3. The number of benzene rings is 1. The molecule has 0 saturated heterocycles. The molecule has 2 aromatic heterocycles. The Morgan fingerprint density at radius 1 is 0.955 bits per heavy atom. The maximum absolute atomic E-state index is 13.2. The van der Waals surface area contributed by atoms with Crippen molar-refractivity contribution in [1.29, 1.82) is 0 Å². The van der Waals surface area contributed by atoms with Crippen molar-refractivity contribution in [2.24, 2.45) is 0 Å². The Morgan fingerprint density at radius 2 is 1.82 bits per heavy atom. The minimum atomic E-state index is -0.936. The van der Waals surface area contributed by atoms with Gasteiger partial charge in [0.15, 0.2) is 11.6 Å². The van der Waals surface area contributed by atoms with Crippen LogP contribution in [0, 0.1) is 11.6 Å². The topological polar surface area (TPSA) is 50.7 Å². The predicted octanol–water partition coefficient (Wildman–Crippen LogP) is 4.21. The fourth-order valence-corrected chi connectivity index (χ4v) is 2.09. The Hall–Kier alpha value is -2.60. The van der Waals surface area contributed by atoms with Gasteiger partial charge < -0.3 is 5.32 Å². The van der Waals surface area contributed by atoms with E-state index in [1.165, 1.54) is 12.4 Å². The Bertz CT molecular complexity index is 826. The van der Waals surface area contributed by atoms with Crippen LogP contribution in [0.15, 0.2) is 48.9 Å². The molecule has 4 nitrogen and oxygen atoms in total. The second kappa shape index (κ2) is 6.03. The highest BCUT2D eigenvalue weighted by Crippen LogP contribution is 2.26. The number of halogens is 3. The smallest absolute Gasteiger partial charge is 0.160 e. The zero-order valence-corrected chi connectivity index (χ0v) is 11.9. The van der Waals surface area contributed by atoms with Gasteiger partial charge in [0.1, 0.15) is 17.3 Å².